The van der Waals surface area contributed by atoms with Crippen molar-refractivity contribution in [3.8, 4) is 0 Å². The van der Waals surface area contributed by atoms with Crippen molar-refractivity contribution < 1.29 is 9.59 Å². The highest BCUT2D eigenvalue weighted by Gasteiger charge is 2.13. The molecule has 2 aromatic carbocycles. The molecular formula is C15H11BrClNO2. The molecule has 0 N–H and O–H groups in total. The number of amides is 1. The zero-order valence-corrected chi connectivity index (χ0v) is 13.0. The van der Waals surface area contributed by atoms with Crippen LogP contribution < -0.4 is 4.90 Å². The van der Waals surface area contributed by atoms with Gasteiger partial charge in [-0.3, -0.25) is 9.59 Å². The summed E-state index contributed by atoms with van der Waals surface area (Å²) in [5.74, 6) is -0.125. The predicted molar refractivity (Wildman–Crippen MR) is 83.5 cm³/mol. The molecule has 0 aliphatic rings. The quantitative estimate of drug-likeness (QED) is 0.617. The lowest BCUT2D eigenvalue weighted by Gasteiger charge is -2.11. The Morgan fingerprint density at radius 3 is 2.45 bits per heavy atom. The average Bonchev–Trinajstić information content (AvgIpc) is 2.48. The lowest BCUT2D eigenvalue weighted by Crippen LogP contribution is -2.13. The highest BCUT2D eigenvalue weighted by Crippen LogP contribution is 2.24. The first-order chi connectivity index (χ1) is 9.52. The van der Waals surface area contributed by atoms with Crippen LogP contribution in [0.1, 0.15) is 15.9 Å². The van der Waals surface area contributed by atoms with Crippen molar-refractivity contribution in [1.29, 1.82) is 0 Å². The van der Waals surface area contributed by atoms with Crippen LogP contribution in [0.4, 0.5) is 5.69 Å². The minimum Gasteiger partial charge on any atom is -0.318 e. The summed E-state index contributed by atoms with van der Waals surface area (Å²) in [5, 5.41) is 0.508. The van der Waals surface area contributed by atoms with Gasteiger partial charge in [0.15, 0.2) is 5.78 Å². The number of benzene rings is 2. The second-order valence-electron chi connectivity index (χ2n) is 4.22. The SMILES string of the molecule is CN(C=O)c1ccc(C(=O)c2cc(Cl)ccc2Br)cc1. The molecule has 0 atom stereocenters. The monoisotopic (exact) mass is 351 g/mol. The van der Waals surface area contributed by atoms with Crippen LogP contribution in [0.3, 0.4) is 0 Å². The molecule has 5 heteroatoms. The molecule has 0 unspecified atom stereocenters. The van der Waals surface area contributed by atoms with E-state index in [4.69, 9.17) is 11.6 Å². The largest absolute Gasteiger partial charge is 0.318 e. The average molecular weight is 353 g/mol. The van der Waals surface area contributed by atoms with Crippen molar-refractivity contribution in [1.82, 2.24) is 0 Å². The van der Waals surface area contributed by atoms with Gasteiger partial charge in [-0.25, -0.2) is 0 Å². The molecule has 0 fully saturated rings. The fourth-order valence-corrected chi connectivity index (χ4v) is 2.33. The van der Waals surface area contributed by atoms with E-state index in [-0.39, 0.29) is 5.78 Å². The van der Waals surface area contributed by atoms with Crippen LogP contribution in [-0.2, 0) is 4.79 Å². The number of hydrogen-bond acceptors (Lipinski definition) is 2. The minimum absolute atomic E-state index is 0.125. The van der Waals surface area contributed by atoms with Crippen LogP contribution in [0.25, 0.3) is 0 Å². The topological polar surface area (TPSA) is 37.4 Å². The Hall–Kier alpha value is -1.65. The zero-order chi connectivity index (χ0) is 14.7. The van der Waals surface area contributed by atoms with Crippen LogP contribution in [0.5, 0.6) is 0 Å². The van der Waals surface area contributed by atoms with Gasteiger partial charge in [0.25, 0.3) is 0 Å². The summed E-state index contributed by atoms with van der Waals surface area (Å²) < 4.78 is 0.695. The van der Waals surface area contributed by atoms with Crippen LogP contribution in [0.2, 0.25) is 5.02 Å². The summed E-state index contributed by atoms with van der Waals surface area (Å²) in [6.07, 6.45) is 0.713. The van der Waals surface area contributed by atoms with Crippen LogP contribution in [0, 0.1) is 0 Å². The lowest BCUT2D eigenvalue weighted by atomic mass is 10.0. The minimum atomic E-state index is -0.125. The molecule has 1 amide bonds. The van der Waals surface area contributed by atoms with Gasteiger partial charge in [-0.15, -0.1) is 0 Å². The van der Waals surface area contributed by atoms with Crippen molar-refractivity contribution in [2.75, 3.05) is 11.9 Å². The van der Waals surface area contributed by atoms with Gasteiger partial charge in [-0.2, -0.15) is 0 Å². The third-order valence-corrected chi connectivity index (χ3v) is 3.79. The number of nitrogens with zero attached hydrogens (tertiary/aromatic N) is 1. The number of rotatable bonds is 4. The Labute approximate surface area is 130 Å². The molecule has 20 heavy (non-hydrogen) atoms. The standard InChI is InChI=1S/C15H11BrClNO2/c1-18(9-19)12-5-2-10(3-6-12)15(20)13-8-11(17)4-7-14(13)16/h2-9H,1H3. The first kappa shape index (κ1) is 14.8. The second-order valence-corrected chi connectivity index (χ2v) is 5.51. The highest BCUT2D eigenvalue weighted by atomic mass is 79.9. The predicted octanol–water partition coefficient (Wildman–Crippen LogP) is 3.93. The maximum atomic E-state index is 12.4. The second kappa shape index (κ2) is 6.20. The molecular weight excluding hydrogens is 342 g/mol. The van der Waals surface area contributed by atoms with E-state index in [1.54, 1.807) is 49.5 Å². The van der Waals surface area contributed by atoms with Gasteiger partial charge in [0.05, 0.1) is 0 Å². The molecule has 0 saturated heterocycles. The molecule has 0 aliphatic heterocycles. The van der Waals surface area contributed by atoms with Crippen molar-refractivity contribution in [2.45, 2.75) is 0 Å². The van der Waals surface area contributed by atoms with Crippen LogP contribution in [0.15, 0.2) is 46.9 Å². The van der Waals surface area contributed by atoms with Gasteiger partial charge in [0.2, 0.25) is 6.41 Å². The Morgan fingerprint density at radius 1 is 1.20 bits per heavy atom. The first-order valence-corrected chi connectivity index (χ1v) is 6.98. The van der Waals surface area contributed by atoms with Crippen molar-refractivity contribution in [3.05, 3.63) is 63.1 Å². The van der Waals surface area contributed by atoms with E-state index in [1.165, 1.54) is 4.90 Å². The Balaban J connectivity index is 2.34. The van der Waals surface area contributed by atoms with Gasteiger partial charge in [-0.05, 0) is 42.5 Å². The molecule has 2 rings (SSSR count). The summed E-state index contributed by atoms with van der Waals surface area (Å²) in [5.41, 5.74) is 1.77. The summed E-state index contributed by atoms with van der Waals surface area (Å²) in [4.78, 5) is 24.5. The summed E-state index contributed by atoms with van der Waals surface area (Å²) in [7, 11) is 1.65. The van der Waals surface area contributed by atoms with Gasteiger partial charge >= 0.3 is 0 Å². The number of anilines is 1. The van der Waals surface area contributed by atoms with Gasteiger partial charge in [0.1, 0.15) is 0 Å². The van der Waals surface area contributed by atoms with E-state index in [0.717, 1.165) is 5.69 Å². The van der Waals surface area contributed by atoms with Crippen molar-refractivity contribution in [2.24, 2.45) is 0 Å². The molecule has 0 saturated carbocycles. The van der Waals surface area contributed by atoms with E-state index < -0.39 is 0 Å². The van der Waals surface area contributed by atoms with Gasteiger partial charge in [0, 0.05) is 33.4 Å². The molecule has 0 heterocycles. The highest BCUT2D eigenvalue weighted by molar-refractivity contribution is 9.10. The van der Waals surface area contributed by atoms with Crippen molar-refractivity contribution in [3.63, 3.8) is 0 Å². The third-order valence-electron chi connectivity index (χ3n) is 2.87. The molecule has 0 radical (unpaired) electrons. The third kappa shape index (κ3) is 3.08. The van der Waals surface area contributed by atoms with Gasteiger partial charge < -0.3 is 4.90 Å². The molecule has 0 aliphatic carbocycles. The summed E-state index contributed by atoms with van der Waals surface area (Å²) >= 11 is 9.26. The zero-order valence-electron chi connectivity index (χ0n) is 10.6. The maximum absolute atomic E-state index is 12.4. The number of halogens is 2. The number of hydrogen-bond donors (Lipinski definition) is 0. The molecule has 0 bridgehead atoms. The normalized spacial score (nSPS) is 10.2. The fraction of sp³-hybridized carbons (Fsp3) is 0.0667. The lowest BCUT2D eigenvalue weighted by molar-refractivity contribution is -0.107. The summed E-state index contributed by atoms with van der Waals surface area (Å²) in [6, 6.07) is 11.9. The Bertz CT molecular complexity index is 655. The van der Waals surface area contributed by atoms with E-state index in [1.807, 2.05) is 0 Å². The van der Waals surface area contributed by atoms with Crippen LogP contribution in [-0.4, -0.2) is 19.2 Å². The van der Waals surface area contributed by atoms with Crippen molar-refractivity contribution >= 4 is 45.4 Å². The molecule has 0 spiro atoms. The molecule has 3 nitrogen and oxygen atoms in total. The van der Waals surface area contributed by atoms with Crippen LogP contribution >= 0.6 is 27.5 Å². The Morgan fingerprint density at radius 2 is 1.85 bits per heavy atom. The Kier molecular flexibility index (Phi) is 4.57. The smallest absolute Gasteiger partial charge is 0.213 e. The summed E-state index contributed by atoms with van der Waals surface area (Å²) in [6.45, 7) is 0. The number of carbonyl (C=O) groups is 2. The molecule has 102 valence electrons. The number of ketones is 1. The number of carbonyl (C=O) groups excluding carboxylic acids is 2. The van der Waals surface area contributed by atoms with Gasteiger partial charge in [-0.1, -0.05) is 27.5 Å². The van der Waals surface area contributed by atoms with E-state index in [9.17, 15) is 9.59 Å². The fourth-order valence-electron chi connectivity index (χ4n) is 1.74. The first-order valence-electron chi connectivity index (χ1n) is 5.81. The maximum Gasteiger partial charge on any atom is 0.213 e. The van der Waals surface area contributed by atoms with E-state index >= 15 is 0 Å². The van der Waals surface area contributed by atoms with E-state index in [2.05, 4.69) is 15.9 Å². The van der Waals surface area contributed by atoms with E-state index in [0.29, 0.717) is 27.0 Å². The molecule has 2 aromatic rings. The molecule has 0 aromatic heterocycles.